The molecule has 0 radical (unpaired) electrons. The smallest absolute Gasteiger partial charge is 0.264 e. The van der Waals surface area contributed by atoms with E-state index < -0.39 is 43.7 Å². The van der Waals surface area contributed by atoms with E-state index in [-0.39, 0.29) is 37.4 Å². The first-order chi connectivity index (χ1) is 26.3. The van der Waals surface area contributed by atoms with E-state index in [1.165, 1.54) is 0 Å². The van der Waals surface area contributed by atoms with Gasteiger partial charge in [0.1, 0.15) is 5.75 Å². The standard InChI is InChI=1S/C42H53FN4O7Si/c1-6-53-32-14-16-35-29(20-32)21-34(44-17-9-10-18-48)40(51)47(35)30-13-15-36-33(22-30)42(41(52)45(36)3)26(2)39(55(4,5)43)37(54-42)23-38(50)46-24-28-12-8-7-11-27(28)19-31(46)25-49/h7-8,11-16,20,22,26,31,34,37,39,44,48-49H,6,9-10,17-19,21,23-25H2,1-5H3/t26-,31+,34?,37+,39-,42+/m1/s1. The Morgan fingerprint density at radius 2 is 1.76 bits per heavy atom. The highest BCUT2D eigenvalue weighted by atomic mass is 28.4. The van der Waals surface area contributed by atoms with Crippen molar-refractivity contribution in [3.63, 3.8) is 0 Å². The predicted molar refractivity (Wildman–Crippen MR) is 211 cm³/mol. The van der Waals surface area contributed by atoms with Crippen LogP contribution in [0.3, 0.4) is 0 Å². The summed E-state index contributed by atoms with van der Waals surface area (Å²) in [5.74, 6) is -0.670. The molecule has 4 aliphatic heterocycles. The monoisotopic (exact) mass is 772 g/mol. The van der Waals surface area contributed by atoms with Gasteiger partial charge in [-0.1, -0.05) is 31.2 Å². The summed E-state index contributed by atoms with van der Waals surface area (Å²) in [5.41, 5.74) is 3.13. The van der Waals surface area contributed by atoms with Crippen molar-refractivity contribution in [2.24, 2.45) is 5.92 Å². The summed E-state index contributed by atoms with van der Waals surface area (Å²) in [7, 11) is -1.90. The molecule has 1 fully saturated rings. The van der Waals surface area contributed by atoms with Crippen LogP contribution in [0.5, 0.6) is 5.75 Å². The zero-order valence-corrected chi connectivity index (χ0v) is 33.4. The van der Waals surface area contributed by atoms with Gasteiger partial charge in [-0.3, -0.25) is 19.3 Å². The van der Waals surface area contributed by atoms with Crippen LogP contribution in [0.1, 0.15) is 55.4 Å². The molecule has 3 N–H and O–H groups in total. The molecule has 55 heavy (non-hydrogen) atoms. The second-order valence-corrected chi connectivity index (χ2v) is 19.7. The average Bonchev–Trinajstić information content (AvgIpc) is 3.58. The fraction of sp³-hybridized carbons (Fsp3) is 0.500. The summed E-state index contributed by atoms with van der Waals surface area (Å²) in [6.45, 7) is 8.24. The van der Waals surface area contributed by atoms with Gasteiger partial charge in [0.05, 0.1) is 49.2 Å². The van der Waals surface area contributed by atoms with Gasteiger partial charge in [-0.15, -0.1) is 0 Å². The van der Waals surface area contributed by atoms with Crippen molar-refractivity contribution < 1.29 is 38.2 Å². The first kappa shape index (κ1) is 39.1. The number of rotatable bonds is 12. The highest BCUT2D eigenvalue weighted by Gasteiger charge is 2.66. The Kier molecular flexibility index (Phi) is 11.0. The van der Waals surface area contributed by atoms with Gasteiger partial charge in [0.2, 0.25) is 20.2 Å². The molecule has 3 amide bonds. The Bertz CT molecular complexity index is 1960. The number of fused-ring (bicyclic) bond motifs is 4. The van der Waals surface area contributed by atoms with Gasteiger partial charge in [-0.2, -0.15) is 0 Å². The van der Waals surface area contributed by atoms with Gasteiger partial charge < -0.3 is 38.9 Å². The maximum atomic E-state index is 16.6. The van der Waals surface area contributed by atoms with Gasteiger partial charge in [-0.05, 0) is 105 Å². The van der Waals surface area contributed by atoms with Crippen molar-refractivity contribution in [3.05, 3.63) is 82.9 Å². The van der Waals surface area contributed by atoms with Crippen molar-refractivity contribution >= 4 is 43.2 Å². The maximum Gasteiger partial charge on any atom is 0.264 e. The van der Waals surface area contributed by atoms with Crippen molar-refractivity contribution in [3.8, 4) is 5.75 Å². The quantitative estimate of drug-likeness (QED) is 0.131. The van der Waals surface area contributed by atoms with Gasteiger partial charge in [-0.25, -0.2) is 0 Å². The first-order valence-corrected chi connectivity index (χ1v) is 22.5. The molecule has 0 saturated carbocycles. The molecule has 1 saturated heterocycles. The lowest BCUT2D eigenvalue weighted by Gasteiger charge is -2.37. The molecule has 1 unspecified atom stereocenters. The average molecular weight is 773 g/mol. The van der Waals surface area contributed by atoms with Gasteiger partial charge >= 0.3 is 0 Å². The Hall–Kier alpha value is -4.14. The number of ether oxygens (including phenoxy) is 2. The number of amides is 3. The summed E-state index contributed by atoms with van der Waals surface area (Å²) in [6, 6.07) is 18.0. The van der Waals surface area contributed by atoms with Crippen molar-refractivity contribution in [1.29, 1.82) is 0 Å². The maximum absolute atomic E-state index is 16.6. The van der Waals surface area contributed by atoms with E-state index >= 15 is 4.11 Å². The van der Waals surface area contributed by atoms with Crippen LogP contribution >= 0.6 is 0 Å². The third-order valence-corrected chi connectivity index (χ3v) is 14.6. The summed E-state index contributed by atoms with van der Waals surface area (Å²) < 4.78 is 29.3. The Labute approximate surface area is 323 Å². The number of benzene rings is 3. The zero-order chi connectivity index (χ0) is 39.2. The Balaban J connectivity index is 1.25. The summed E-state index contributed by atoms with van der Waals surface area (Å²) in [5, 5.41) is 23.0. The van der Waals surface area contributed by atoms with Crippen LogP contribution in [0.4, 0.5) is 21.2 Å². The van der Waals surface area contributed by atoms with Crippen molar-refractivity contribution in [2.45, 2.75) is 94.9 Å². The highest BCUT2D eigenvalue weighted by molar-refractivity contribution is 6.72. The topological polar surface area (TPSA) is 132 Å². The number of nitrogens with zero attached hydrogens (tertiary/aromatic N) is 3. The van der Waals surface area contributed by atoms with Crippen LogP contribution in [-0.4, -0.2) is 92.8 Å². The fourth-order valence-corrected chi connectivity index (χ4v) is 12.0. The molecule has 3 aromatic carbocycles. The molecular formula is C42H53FN4O7Si. The second kappa shape index (κ2) is 15.4. The second-order valence-electron chi connectivity index (χ2n) is 15.9. The van der Waals surface area contributed by atoms with E-state index in [9.17, 15) is 24.6 Å². The molecule has 0 aromatic heterocycles. The van der Waals surface area contributed by atoms with Crippen LogP contribution in [-0.2, 0) is 44.1 Å². The van der Waals surface area contributed by atoms with Crippen LogP contribution in [0.2, 0.25) is 18.6 Å². The molecule has 4 heterocycles. The Morgan fingerprint density at radius 1 is 1.02 bits per heavy atom. The third-order valence-electron chi connectivity index (χ3n) is 12.1. The zero-order valence-electron chi connectivity index (χ0n) is 32.4. The molecule has 294 valence electrons. The number of nitrogens with one attached hydrogen (secondary N) is 1. The molecule has 7 rings (SSSR count). The summed E-state index contributed by atoms with van der Waals surface area (Å²) in [4.78, 5) is 48.0. The lowest BCUT2D eigenvalue weighted by Crippen LogP contribution is -2.49. The van der Waals surface area contributed by atoms with Crippen LogP contribution in [0.25, 0.3) is 0 Å². The number of halogens is 1. The van der Waals surface area contributed by atoms with E-state index in [0.29, 0.717) is 73.8 Å². The molecule has 3 aromatic rings. The Morgan fingerprint density at radius 3 is 2.47 bits per heavy atom. The predicted octanol–water partition coefficient (Wildman–Crippen LogP) is 5.12. The van der Waals surface area contributed by atoms with E-state index in [0.717, 1.165) is 16.7 Å². The first-order valence-electron chi connectivity index (χ1n) is 19.5. The van der Waals surface area contributed by atoms with Gasteiger partial charge in [0, 0.05) is 42.9 Å². The number of carbonyl (C=O) groups is 3. The number of hydrogen-bond donors (Lipinski definition) is 3. The molecule has 4 aliphatic rings. The summed E-state index contributed by atoms with van der Waals surface area (Å²) in [6.07, 6.45) is 1.28. The number of hydrogen-bond acceptors (Lipinski definition) is 8. The molecule has 0 aliphatic carbocycles. The number of aliphatic hydroxyl groups is 2. The minimum atomic E-state index is -3.58. The molecule has 13 heteroatoms. The molecular weight excluding hydrogens is 720 g/mol. The normalized spacial score (nSPS) is 26.0. The summed E-state index contributed by atoms with van der Waals surface area (Å²) >= 11 is 0. The highest BCUT2D eigenvalue weighted by Crippen LogP contribution is 2.60. The molecule has 0 bridgehead atoms. The number of aliphatic hydroxyl groups excluding tert-OH is 2. The largest absolute Gasteiger partial charge is 0.494 e. The van der Waals surface area contributed by atoms with E-state index in [4.69, 9.17) is 9.47 Å². The van der Waals surface area contributed by atoms with Gasteiger partial charge in [0.15, 0.2) is 5.60 Å². The lowest BCUT2D eigenvalue weighted by molar-refractivity contribution is -0.150. The van der Waals surface area contributed by atoms with E-state index in [1.807, 2.05) is 74.5 Å². The van der Waals surface area contributed by atoms with E-state index in [2.05, 4.69) is 5.32 Å². The van der Waals surface area contributed by atoms with Gasteiger partial charge in [0.25, 0.3) is 5.91 Å². The minimum absolute atomic E-state index is 0.0748. The number of likely N-dealkylation sites (N-methyl/N-ethyl adjacent to an activating group) is 1. The van der Waals surface area contributed by atoms with Crippen LogP contribution in [0.15, 0.2) is 60.7 Å². The number of unbranched alkanes of at least 4 members (excludes halogenated alkanes) is 1. The number of carbonyl (C=O) groups excluding carboxylic acids is 3. The van der Waals surface area contributed by atoms with Crippen LogP contribution < -0.4 is 19.9 Å². The molecule has 1 spiro atoms. The van der Waals surface area contributed by atoms with Crippen LogP contribution in [0, 0.1) is 5.92 Å². The molecule has 11 nitrogen and oxygen atoms in total. The van der Waals surface area contributed by atoms with Crippen molar-refractivity contribution in [2.75, 3.05) is 43.2 Å². The fourth-order valence-electron chi connectivity index (χ4n) is 9.53. The molecule has 6 atom stereocenters. The van der Waals surface area contributed by atoms with Crippen molar-refractivity contribution in [1.82, 2.24) is 10.2 Å². The SMILES string of the molecule is CCOc1ccc2c(c1)CC(NCCCCO)C(=O)N2c1ccc2c(c1)[C@]1(O[C@@H](CC(=O)N3Cc4ccccc4C[C@H]3CO)[C@H]([Si](C)(C)F)[C@H]1C)C(=O)N2C. The minimum Gasteiger partial charge on any atom is -0.494 e. The third kappa shape index (κ3) is 6.88. The van der Waals surface area contributed by atoms with E-state index in [1.54, 1.807) is 34.8 Å². The lowest BCUT2D eigenvalue weighted by atomic mass is 9.82. The number of anilines is 3.